The molecule has 168 valence electrons. The average Bonchev–Trinajstić information content (AvgIpc) is 3.10. The first kappa shape index (κ1) is 21.2. The number of aromatic nitrogens is 3. The van der Waals surface area contributed by atoms with Crippen LogP contribution in [-0.2, 0) is 13.0 Å². The Hall–Kier alpha value is -3.66. The predicted molar refractivity (Wildman–Crippen MR) is 115 cm³/mol. The Balaban J connectivity index is 1.36. The Morgan fingerprint density at radius 2 is 2.12 bits per heavy atom. The van der Waals surface area contributed by atoms with E-state index in [0.717, 1.165) is 30.3 Å². The van der Waals surface area contributed by atoms with Crippen LogP contribution in [-0.4, -0.2) is 37.5 Å². The zero-order chi connectivity index (χ0) is 23.1. The lowest BCUT2D eigenvalue weighted by molar-refractivity contribution is -0.460. The third kappa shape index (κ3) is 4.09. The lowest BCUT2D eigenvalue weighted by Crippen LogP contribution is -2.40. The summed E-state index contributed by atoms with van der Waals surface area (Å²) in [5, 5.41) is 9.26. The maximum absolute atomic E-state index is 14.8. The summed E-state index contributed by atoms with van der Waals surface area (Å²) in [7, 11) is 0. The number of hydrogen-bond acceptors (Lipinski definition) is 5. The maximum Gasteiger partial charge on any atom is 0.496 e. The van der Waals surface area contributed by atoms with Crippen LogP contribution in [0.2, 0.25) is 5.02 Å². The number of carbonyl (C=O) groups is 1. The molecule has 0 saturated carbocycles. The lowest BCUT2D eigenvalue weighted by atomic mass is 10.0. The van der Waals surface area contributed by atoms with Gasteiger partial charge in [-0.2, -0.15) is 14.5 Å². The average molecular weight is 473 g/mol. The molecule has 11 heteroatoms. The number of carbonyl (C=O) groups excluding carboxylic acids is 1. The van der Waals surface area contributed by atoms with E-state index in [1.807, 2.05) is 0 Å². The number of halogens is 3. The maximum atomic E-state index is 14.8. The van der Waals surface area contributed by atoms with Crippen molar-refractivity contribution in [1.82, 2.24) is 15.2 Å². The van der Waals surface area contributed by atoms with Crippen LogP contribution in [0.4, 0.5) is 19.3 Å². The molecule has 4 heterocycles. The minimum atomic E-state index is -0.694. The molecule has 1 unspecified atom stereocenters. The van der Waals surface area contributed by atoms with Crippen LogP contribution in [0.5, 0.6) is 5.75 Å². The molecule has 0 radical (unpaired) electrons. The number of rotatable bonds is 4. The molecular weight excluding hydrogens is 456 g/mol. The molecule has 0 saturated heterocycles. The molecule has 0 aliphatic carbocycles. The highest BCUT2D eigenvalue weighted by atomic mass is 35.5. The molecule has 3 aromatic rings. The lowest BCUT2D eigenvalue weighted by Gasteiger charge is -2.18. The first-order valence-electron chi connectivity index (χ1n) is 10.2. The minimum Gasteiger partial charge on any atom is -0.487 e. The summed E-state index contributed by atoms with van der Waals surface area (Å²) in [6.45, 7) is -0.109. The van der Waals surface area contributed by atoms with E-state index in [2.05, 4.69) is 20.5 Å². The van der Waals surface area contributed by atoms with E-state index in [9.17, 15) is 18.4 Å². The SMILES string of the molecule is O=C(Nc1cc(Cl)c(COc2cncc(F)c2)cc1F)[N+]1=C2CCC1Cc1cc(=O)[nH]nc12. The summed E-state index contributed by atoms with van der Waals surface area (Å²) in [4.78, 5) is 28.3. The zero-order valence-corrected chi connectivity index (χ0v) is 17.8. The van der Waals surface area contributed by atoms with Gasteiger partial charge in [-0.1, -0.05) is 11.6 Å². The molecule has 1 aromatic carbocycles. The highest BCUT2D eigenvalue weighted by Crippen LogP contribution is 2.30. The van der Waals surface area contributed by atoms with Crippen LogP contribution >= 0.6 is 11.6 Å². The number of benzene rings is 1. The number of hydrogen-bond donors (Lipinski definition) is 2. The van der Waals surface area contributed by atoms with Crippen molar-refractivity contribution in [3.8, 4) is 5.75 Å². The van der Waals surface area contributed by atoms with E-state index in [0.29, 0.717) is 29.8 Å². The Morgan fingerprint density at radius 3 is 2.94 bits per heavy atom. The molecule has 8 nitrogen and oxygen atoms in total. The number of nitrogens with zero attached hydrogens (tertiary/aromatic N) is 3. The van der Waals surface area contributed by atoms with E-state index < -0.39 is 17.7 Å². The summed E-state index contributed by atoms with van der Waals surface area (Å²) in [6.07, 6.45) is 4.21. The molecular formula is C22H17ClF2N5O3+. The van der Waals surface area contributed by atoms with Crippen molar-refractivity contribution in [2.45, 2.75) is 31.9 Å². The topological polar surface area (TPSA) is 100.0 Å². The normalized spacial score (nSPS) is 16.5. The molecule has 2 bridgehead atoms. The van der Waals surface area contributed by atoms with Crippen molar-refractivity contribution in [2.75, 3.05) is 5.32 Å². The van der Waals surface area contributed by atoms with Crippen molar-refractivity contribution < 1.29 is 22.9 Å². The number of ether oxygens (including phenoxy) is 1. The Bertz CT molecular complexity index is 1370. The summed E-state index contributed by atoms with van der Waals surface area (Å²) in [5.41, 5.74) is 2.02. The zero-order valence-electron chi connectivity index (χ0n) is 17.1. The van der Waals surface area contributed by atoms with Gasteiger partial charge in [0.05, 0.1) is 17.4 Å². The third-order valence-corrected chi connectivity index (χ3v) is 6.01. The number of fused-ring (bicyclic) bond motifs is 3. The first-order chi connectivity index (χ1) is 15.9. The van der Waals surface area contributed by atoms with Crippen LogP contribution in [0.1, 0.15) is 29.7 Å². The van der Waals surface area contributed by atoms with Gasteiger partial charge in [0, 0.05) is 36.6 Å². The van der Waals surface area contributed by atoms with Gasteiger partial charge in [0.2, 0.25) is 0 Å². The molecule has 2 aromatic heterocycles. The summed E-state index contributed by atoms with van der Waals surface area (Å²) < 4.78 is 35.0. The standard InChI is InChI=1S/C22H16ClF2N5O3/c23-16-7-18(17(25)4-12(16)10-33-15-6-13(24)8-26-9-15)27-22(32)30-14-1-2-19(30)21-11(3-14)5-20(31)28-29-21/h4-9,14H,1-3,10H2,(H,27,32)/p+1. The van der Waals surface area contributed by atoms with Crippen molar-refractivity contribution in [2.24, 2.45) is 0 Å². The number of urea groups is 1. The monoisotopic (exact) mass is 472 g/mol. The Labute approximate surface area is 190 Å². The molecule has 1 atom stereocenters. The summed E-state index contributed by atoms with van der Waals surface area (Å²) >= 11 is 6.27. The van der Waals surface area contributed by atoms with Gasteiger partial charge in [-0.3, -0.25) is 9.78 Å². The Kier molecular flexibility index (Phi) is 5.37. The van der Waals surface area contributed by atoms with E-state index in [4.69, 9.17) is 16.3 Å². The number of aromatic amines is 1. The quantitative estimate of drug-likeness (QED) is 0.567. The van der Waals surface area contributed by atoms with Crippen molar-refractivity contribution >= 4 is 29.0 Å². The van der Waals surface area contributed by atoms with Gasteiger partial charge < -0.3 is 4.74 Å². The number of amides is 2. The molecule has 33 heavy (non-hydrogen) atoms. The van der Waals surface area contributed by atoms with Gasteiger partial charge in [0.1, 0.15) is 35.6 Å². The second-order valence-corrected chi connectivity index (χ2v) is 8.21. The fraction of sp³-hybridized carbons (Fsp3) is 0.227. The van der Waals surface area contributed by atoms with Gasteiger partial charge in [0.25, 0.3) is 5.56 Å². The smallest absolute Gasteiger partial charge is 0.487 e. The summed E-state index contributed by atoms with van der Waals surface area (Å²) in [5.74, 6) is -1.07. The predicted octanol–water partition coefficient (Wildman–Crippen LogP) is 3.43. The number of anilines is 1. The minimum absolute atomic E-state index is 0.0820. The van der Waals surface area contributed by atoms with Crippen molar-refractivity contribution in [3.05, 3.63) is 80.5 Å². The third-order valence-electron chi connectivity index (χ3n) is 5.66. The highest BCUT2D eigenvalue weighted by molar-refractivity contribution is 6.31. The van der Waals surface area contributed by atoms with E-state index in [-0.39, 0.29) is 34.7 Å². The second kappa shape index (κ2) is 8.36. The number of nitrogens with one attached hydrogen (secondary N) is 2. The van der Waals surface area contributed by atoms with Crippen LogP contribution in [0.25, 0.3) is 0 Å². The largest absolute Gasteiger partial charge is 0.496 e. The first-order valence-corrected chi connectivity index (χ1v) is 10.5. The number of pyridine rings is 1. The molecule has 0 spiro atoms. The van der Waals surface area contributed by atoms with Crippen LogP contribution in [0.15, 0.2) is 41.5 Å². The summed E-state index contributed by atoms with van der Waals surface area (Å²) in [6, 6.07) is 4.47. The van der Waals surface area contributed by atoms with Crippen molar-refractivity contribution in [1.29, 1.82) is 0 Å². The molecule has 2 aliphatic heterocycles. The van der Waals surface area contributed by atoms with Gasteiger partial charge in [-0.15, -0.1) is 0 Å². The molecule has 5 rings (SSSR count). The van der Waals surface area contributed by atoms with E-state index in [1.165, 1.54) is 18.3 Å². The second-order valence-electron chi connectivity index (χ2n) is 7.80. The molecule has 2 amide bonds. The van der Waals surface area contributed by atoms with Gasteiger partial charge in [-0.25, -0.2) is 19.2 Å². The fourth-order valence-electron chi connectivity index (χ4n) is 4.19. The molecule has 2 aliphatic rings. The van der Waals surface area contributed by atoms with Gasteiger partial charge in [-0.05, 0) is 18.1 Å². The Morgan fingerprint density at radius 1 is 1.27 bits per heavy atom. The van der Waals surface area contributed by atoms with Gasteiger partial charge in [0.15, 0.2) is 11.5 Å². The molecule has 2 N–H and O–H groups in total. The van der Waals surface area contributed by atoms with Crippen LogP contribution in [0.3, 0.4) is 0 Å². The highest BCUT2D eigenvalue weighted by Gasteiger charge is 2.42. The fourth-order valence-corrected chi connectivity index (χ4v) is 4.41. The van der Waals surface area contributed by atoms with Crippen LogP contribution in [0, 0.1) is 11.6 Å². The van der Waals surface area contributed by atoms with E-state index >= 15 is 0 Å². The molecule has 0 fully saturated rings. The van der Waals surface area contributed by atoms with E-state index in [1.54, 1.807) is 4.58 Å². The van der Waals surface area contributed by atoms with Gasteiger partial charge >= 0.3 is 6.03 Å². The van der Waals surface area contributed by atoms with Crippen molar-refractivity contribution in [3.63, 3.8) is 0 Å². The number of H-pyrrole nitrogens is 1. The van der Waals surface area contributed by atoms with Crippen LogP contribution < -0.4 is 15.6 Å².